The van der Waals surface area contributed by atoms with Gasteiger partial charge in [0.2, 0.25) is 6.23 Å². The standard InChI is InChI=1S/C24H21BrN2O3/c1-28-17-10-7-15(8-11-17)20-14-21-19-13-16(25)9-12-23(19)30-24(27(21)26-20)18-5-3-4-6-22(18)29-2/h3-13,21,24H,14H2,1-2H3/t21-,24-/m1/s1. The number of ether oxygens (including phenoxy) is 3. The number of hydrazone groups is 1. The van der Waals surface area contributed by atoms with E-state index in [9.17, 15) is 0 Å². The van der Waals surface area contributed by atoms with Gasteiger partial charge in [0.1, 0.15) is 17.2 Å². The number of nitrogens with zero attached hydrogens (tertiary/aromatic N) is 2. The number of benzene rings is 3. The molecule has 5 rings (SSSR count). The van der Waals surface area contributed by atoms with Gasteiger partial charge in [-0.2, -0.15) is 5.10 Å². The van der Waals surface area contributed by atoms with Gasteiger partial charge >= 0.3 is 0 Å². The summed E-state index contributed by atoms with van der Waals surface area (Å²) < 4.78 is 18.4. The second-order valence-electron chi connectivity index (χ2n) is 7.27. The lowest BCUT2D eigenvalue weighted by atomic mass is 9.96. The largest absolute Gasteiger partial charge is 0.497 e. The lowest BCUT2D eigenvalue weighted by Crippen LogP contribution is -2.34. The molecule has 0 aliphatic carbocycles. The van der Waals surface area contributed by atoms with Crippen LogP contribution in [0.4, 0.5) is 0 Å². The molecule has 0 bridgehead atoms. The summed E-state index contributed by atoms with van der Waals surface area (Å²) >= 11 is 3.60. The van der Waals surface area contributed by atoms with Gasteiger partial charge in [-0.3, -0.25) is 0 Å². The summed E-state index contributed by atoms with van der Waals surface area (Å²) in [4.78, 5) is 0. The van der Waals surface area contributed by atoms with Gasteiger partial charge in [0, 0.05) is 16.5 Å². The number of para-hydroxylation sites is 1. The van der Waals surface area contributed by atoms with Gasteiger partial charge in [-0.15, -0.1) is 0 Å². The topological polar surface area (TPSA) is 43.3 Å². The van der Waals surface area contributed by atoms with Crippen molar-refractivity contribution in [1.82, 2.24) is 5.01 Å². The molecule has 2 atom stereocenters. The second-order valence-corrected chi connectivity index (χ2v) is 8.19. The van der Waals surface area contributed by atoms with Crippen molar-refractivity contribution in [1.29, 1.82) is 0 Å². The molecule has 0 fully saturated rings. The molecule has 5 nitrogen and oxygen atoms in total. The molecule has 0 radical (unpaired) electrons. The van der Waals surface area contributed by atoms with E-state index in [2.05, 4.69) is 39.1 Å². The van der Waals surface area contributed by atoms with Crippen molar-refractivity contribution in [2.45, 2.75) is 18.7 Å². The van der Waals surface area contributed by atoms with Crippen LogP contribution in [0.2, 0.25) is 0 Å². The Morgan fingerprint density at radius 2 is 1.77 bits per heavy atom. The number of methoxy groups -OCH3 is 2. The highest BCUT2D eigenvalue weighted by Gasteiger charge is 2.42. The van der Waals surface area contributed by atoms with Crippen LogP contribution in [0, 0.1) is 0 Å². The summed E-state index contributed by atoms with van der Waals surface area (Å²) in [6.45, 7) is 0. The molecule has 2 aliphatic heterocycles. The lowest BCUT2D eigenvalue weighted by molar-refractivity contribution is -0.0203. The van der Waals surface area contributed by atoms with Gasteiger partial charge in [-0.25, -0.2) is 5.01 Å². The maximum absolute atomic E-state index is 6.45. The molecule has 0 amide bonds. The van der Waals surface area contributed by atoms with Gasteiger partial charge in [-0.1, -0.05) is 28.1 Å². The van der Waals surface area contributed by atoms with Crippen LogP contribution < -0.4 is 14.2 Å². The van der Waals surface area contributed by atoms with Gasteiger partial charge in [0.25, 0.3) is 0 Å². The molecule has 30 heavy (non-hydrogen) atoms. The monoisotopic (exact) mass is 464 g/mol. The zero-order chi connectivity index (χ0) is 20.7. The van der Waals surface area contributed by atoms with Crippen LogP contribution in [0.15, 0.2) is 76.3 Å². The highest BCUT2D eigenvalue weighted by atomic mass is 79.9. The first-order valence-electron chi connectivity index (χ1n) is 9.77. The van der Waals surface area contributed by atoms with Crippen molar-refractivity contribution in [3.8, 4) is 17.2 Å². The lowest BCUT2D eigenvalue weighted by Gasteiger charge is -2.38. The van der Waals surface area contributed by atoms with E-state index in [1.807, 2.05) is 48.5 Å². The number of fused-ring (bicyclic) bond motifs is 3. The third-order valence-electron chi connectivity index (χ3n) is 5.58. The first-order chi connectivity index (χ1) is 14.7. The summed E-state index contributed by atoms with van der Waals surface area (Å²) in [5.74, 6) is 2.50. The van der Waals surface area contributed by atoms with E-state index in [1.165, 1.54) is 0 Å². The molecule has 152 valence electrons. The van der Waals surface area contributed by atoms with Gasteiger partial charge in [0.15, 0.2) is 0 Å². The third-order valence-corrected chi connectivity index (χ3v) is 6.07. The molecule has 3 aromatic carbocycles. The minimum atomic E-state index is -0.365. The van der Waals surface area contributed by atoms with Crippen molar-refractivity contribution < 1.29 is 14.2 Å². The van der Waals surface area contributed by atoms with E-state index in [0.29, 0.717) is 0 Å². The quantitative estimate of drug-likeness (QED) is 0.495. The zero-order valence-corrected chi connectivity index (χ0v) is 18.3. The molecule has 6 heteroatoms. The predicted octanol–water partition coefficient (Wildman–Crippen LogP) is 5.71. The summed E-state index contributed by atoms with van der Waals surface area (Å²) in [7, 11) is 3.35. The number of hydrogen-bond donors (Lipinski definition) is 0. The van der Waals surface area contributed by atoms with E-state index >= 15 is 0 Å². The Hall–Kier alpha value is -2.99. The third kappa shape index (κ3) is 3.21. The number of halogens is 1. The van der Waals surface area contributed by atoms with Crippen molar-refractivity contribution in [2.24, 2.45) is 5.10 Å². The van der Waals surface area contributed by atoms with E-state index in [-0.39, 0.29) is 12.3 Å². The van der Waals surface area contributed by atoms with Crippen LogP contribution in [0.25, 0.3) is 0 Å². The smallest absolute Gasteiger partial charge is 0.217 e. The molecule has 0 N–H and O–H groups in total. The molecule has 0 unspecified atom stereocenters. The van der Waals surface area contributed by atoms with E-state index in [1.54, 1.807) is 14.2 Å². The number of rotatable bonds is 4. The van der Waals surface area contributed by atoms with Gasteiger partial charge in [-0.05, 0) is 60.2 Å². The Bertz CT molecular complexity index is 1110. The number of hydrogen-bond acceptors (Lipinski definition) is 5. The highest BCUT2D eigenvalue weighted by molar-refractivity contribution is 9.10. The SMILES string of the molecule is COc1ccc(C2=NN3[C@H](C2)c2cc(Br)ccc2O[C@@H]3c2ccccc2OC)cc1. The fourth-order valence-corrected chi connectivity index (χ4v) is 4.47. The highest BCUT2D eigenvalue weighted by Crippen LogP contribution is 2.49. The van der Waals surface area contributed by atoms with Crippen LogP contribution in [0.5, 0.6) is 17.2 Å². The molecular weight excluding hydrogens is 444 g/mol. The van der Waals surface area contributed by atoms with Crippen molar-refractivity contribution in [3.05, 3.63) is 87.9 Å². The van der Waals surface area contributed by atoms with E-state index in [0.717, 1.165) is 50.5 Å². The van der Waals surface area contributed by atoms with Crippen molar-refractivity contribution in [3.63, 3.8) is 0 Å². The van der Waals surface area contributed by atoms with Crippen LogP contribution >= 0.6 is 15.9 Å². The maximum atomic E-state index is 6.45. The molecular formula is C24H21BrN2O3. The first kappa shape index (κ1) is 19.0. The van der Waals surface area contributed by atoms with E-state index < -0.39 is 0 Å². The van der Waals surface area contributed by atoms with Crippen LogP contribution in [-0.2, 0) is 0 Å². The summed E-state index contributed by atoms with van der Waals surface area (Å²) in [6, 6.07) is 22.2. The van der Waals surface area contributed by atoms with Gasteiger partial charge < -0.3 is 14.2 Å². The molecule has 3 aromatic rings. The molecule has 2 heterocycles. The molecule has 2 aliphatic rings. The Balaban J connectivity index is 1.60. The summed E-state index contributed by atoms with van der Waals surface area (Å²) in [5.41, 5.74) is 4.19. The minimum Gasteiger partial charge on any atom is -0.497 e. The Morgan fingerprint density at radius 1 is 0.967 bits per heavy atom. The first-order valence-corrected chi connectivity index (χ1v) is 10.6. The Labute approximate surface area is 184 Å². The fourth-order valence-electron chi connectivity index (χ4n) is 4.09. The molecule has 0 saturated carbocycles. The average Bonchev–Trinajstić information content (AvgIpc) is 3.24. The minimum absolute atomic E-state index is 0.0817. The second kappa shape index (κ2) is 7.69. The Morgan fingerprint density at radius 3 is 2.53 bits per heavy atom. The summed E-state index contributed by atoms with van der Waals surface area (Å²) in [5, 5.41) is 7.07. The molecule has 0 spiro atoms. The van der Waals surface area contributed by atoms with Crippen molar-refractivity contribution in [2.75, 3.05) is 14.2 Å². The summed E-state index contributed by atoms with van der Waals surface area (Å²) in [6.07, 6.45) is 0.431. The fraction of sp³-hybridized carbons (Fsp3) is 0.208. The van der Waals surface area contributed by atoms with E-state index in [4.69, 9.17) is 19.3 Å². The zero-order valence-electron chi connectivity index (χ0n) is 16.7. The maximum Gasteiger partial charge on any atom is 0.217 e. The van der Waals surface area contributed by atoms with Crippen LogP contribution in [0.1, 0.15) is 35.4 Å². The van der Waals surface area contributed by atoms with Crippen molar-refractivity contribution >= 4 is 21.6 Å². The normalized spacial score (nSPS) is 19.4. The molecule has 0 saturated heterocycles. The predicted molar refractivity (Wildman–Crippen MR) is 119 cm³/mol. The molecule has 0 aromatic heterocycles. The Kier molecular flexibility index (Phi) is 4.87. The van der Waals surface area contributed by atoms with Crippen LogP contribution in [-0.4, -0.2) is 24.9 Å². The van der Waals surface area contributed by atoms with Crippen LogP contribution in [0.3, 0.4) is 0 Å². The average molecular weight is 465 g/mol. The van der Waals surface area contributed by atoms with Gasteiger partial charge in [0.05, 0.1) is 31.5 Å².